The number of nitrogens with two attached hydrogens (primary N) is 1. The van der Waals surface area contributed by atoms with E-state index in [1.165, 1.54) is 5.56 Å². The number of para-hydroxylation sites is 1. The molecule has 0 aliphatic carbocycles. The van der Waals surface area contributed by atoms with Crippen molar-refractivity contribution in [2.45, 2.75) is 13.8 Å². The number of nitrogens with one attached hydrogen (secondary N) is 1. The highest BCUT2D eigenvalue weighted by atomic mass is 16.2. The van der Waals surface area contributed by atoms with Gasteiger partial charge in [-0.25, -0.2) is 10.5 Å². The highest BCUT2D eigenvalue weighted by Crippen LogP contribution is 2.27. The molecule has 0 unspecified atom stereocenters. The van der Waals surface area contributed by atoms with Crippen LogP contribution in [0.1, 0.15) is 21.6 Å². The van der Waals surface area contributed by atoms with E-state index in [1.807, 2.05) is 49.4 Å². The lowest BCUT2D eigenvalue weighted by molar-refractivity contribution is 0.0948. The van der Waals surface area contributed by atoms with Gasteiger partial charge in [0.2, 0.25) is 0 Å². The Kier molecular flexibility index (Phi) is 3.95. The number of aryl methyl sites for hydroxylation is 2. The molecule has 3 N–H and O–H groups in total. The van der Waals surface area contributed by atoms with Gasteiger partial charge in [-0.2, -0.15) is 5.10 Å². The van der Waals surface area contributed by atoms with Gasteiger partial charge in [0.05, 0.1) is 11.4 Å². The van der Waals surface area contributed by atoms with E-state index in [9.17, 15) is 4.79 Å². The molecule has 0 saturated carbocycles. The lowest BCUT2D eigenvalue weighted by Crippen LogP contribution is -2.30. The molecule has 23 heavy (non-hydrogen) atoms. The van der Waals surface area contributed by atoms with Gasteiger partial charge in [-0.05, 0) is 37.6 Å². The van der Waals surface area contributed by atoms with Crippen molar-refractivity contribution in [2.75, 3.05) is 0 Å². The average Bonchev–Trinajstić information content (AvgIpc) is 3.00. The van der Waals surface area contributed by atoms with Crippen molar-refractivity contribution in [2.24, 2.45) is 5.84 Å². The summed E-state index contributed by atoms with van der Waals surface area (Å²) in [6, 6.07) is 17.7. The molecular weight excluding hydrogens is 288 g/mol. The maximum Gasteiger partial charge on any atom is 0.285 e. The molecule has 2 aromatic carbocycles. The van der Waals surface area contributed by atoms with Crippen LogP contribution in [0.4, 0.5) is 0 Å². The molecule has 1 aromatic heterocycles. The lowest BCUT2D eigenvalue weighted by atomic mass is 10.0. The van der Waals surface area contributed by atoms with E-state index in [-0.39, 0.29) is 5.69 Å². The summed E-state index contributed by atoms with van der Waals surface area (Å²) in [5.74, 6) is 4.83. The highest BCUT2D eigenvalue weighted by molar-refractivity contribution is 5.93. The molecule has 0 fully saturated rings. The van der Waals surface area contributed by atoms with Crippen molar-refractivity contribution in [1.82, 2.24) is 15.2 Å². The first-order valence-corrected chi connectivity index (χ1v) is 7.34. The summed E-state index contributed by atoms with van der Waals surface area (Å²) >= 11 is 0. The fraction of sp³-hybridized carbons (Fsp3) is 0.111. The monoisotopic (exact) mass is 306 g/mol. The van der Waals surface area contributed by atoms with Crippen molar-refractivity contribution in [1.29, 1.82) is 0 Å². The first-order chi connectivity index (χ1) is 11.1. The summed E-state index contributed by atoms with van der Waals surface area (Å²) in [6.07, 6.45) is 0. The van der Waals surface area contributed by atoms with E-state index in [4.69, 9.17) is 5.84 Å². The Balaban J connectivity index is 2.22. The van der Waals surface area contributed by atoms with Crippen LogP contribution in [0.25, 0.3) is 16.9 Å². The maximum atomic E-state index is 11.9. The van der Waals surface area contributed by atoms with Gasteiger partial charge in [-0.3, -0.25) is 10.2 Å². The number of hydrogen-bond donors (Lipinski definition) is 2. The molecule has 5 heteroatoms. The summed E-state index contributed by atoms with van der Waals surface area (Å²) in [7, 11) is 0. The first kappa shape index (κ1) is 15.0. The lowest BCUT2D eigenvalue weighted by Gasteiger charge is -2.10. The number of benzene rings is 2. The third kappa shape index (κ3) is 2.86. The molecule has 3 rings (SSSR count). The molecule has 0 aliphatic heterocycles. The van der Waals surface area contributed by atoms with Crippen LogP contribution in [0, 0.1) is 13.8 Å². The zero-order valence-corrected chi connectivity index (χ0v) is 13.1. The summed E-state index contributed by atoms with van der Waals surface area (Å²) in [5, 5.41) is 4.42. The number of rotatable bonds is 3. The Morgan fingerprint density at radius 2 is 1.83 bits per heavy atom. The smallest absolute Gasteiger partial charge is 0.285 e. The van der Waals surface area contributed by atoms with Crippen LogP contribution < -0.4 is 11.3 Å². The van der Waals surface area contributed by atoms with E-state index < -0.39 is 5.91 Å². The quantitative estimate of drug-likeness (QED) is 0.444. The molecule has 0 bridgehead atoms. The van der Waals surface area contributed by atoms with E-state index >= 15 is 0 Å². The standard InChI is InChI=1S/C18H18N4O/c1-12-8-9-15(13(2)10-12)17-11-16(18(23)20-19)21-22(17)14-6-4-3-5-7-14/h3-11H,19H2,1-2H3,(H,20,23). The van der Waals surface area contributed by atoms with Crippen molar-refractivity contribution in [3.63, 3.8) is 0 Å². The SMILES string of the molecule is Cc1ccc(-c2cc(C(=O)NN)nn2-c2ccccc2)c(C)c1. The minimum absolute atomic E-state index is 0.284. The molecule has 0 aliphatic rings. The second kappa shape index (κ2) is 6.06. The number of amides is 1. The summed E-state index contributed by atoms with van der Waals surface area (Å²) < 4.78 is 1.77. The number of carbonyl (C=O) groups is 1. The number of nitrogens with zero attached hydrogens (tertiary/aromatic N) is 2. The molecule has 3 aromatic rings. The Bertz CT molecular complexity index is 853. The predicted molar refractivity (Wildman–Crippen MR) is 90.1 cm³/mol. The molecular formula is C18H18N4O. The van der Waals surface area contributed by atoms with Gasteiger partial charge in [-0.1, -0.05) is 42.0 Å². The second-order valence-electron chi connectivity index (χ2n) is 5.45. The van der Waals surface area contributed by atoms with Crippen LogP contribution in [-0.2, 0) is 0 Å². The molecule has 1 amide bonds. The minimum atomic E-state index is -0.411. The van der Waals surface area contributed by atoms with Gasteiger partial charge in [0.1, 0.15) is 0 Å². The zero-order valence-electron chi connectivity index (χ0n) is 13.1. The van der Waals surface area contributed by atoms with Crippen LogP contribution in [0.3, 0.4) is 0 Å². The summed E-state index contributed by atoms with van der Waals surface area (Å²) in [5.41, 5.74) is 7.51. The third-order valence-electron chi connectivity index (χ3n) is 3.73. The highest BCUT2D eigenvalue weighted by Gasteiger charge is 2.17. The second-order valence-corrected chi connectivity index (χ2v) is 5.45. The van der Waals surface area contributed by atoms with Crippen molar-refractivity contribution < 1.29 is 4.79 Å². The average molecular weight is 306 g/mol. The molecule has 0 saturated heterocycles. The van der Waals surface area contributed by atoms with E-state index in [2.05, 4.69) is 23.5 Å². The zero-order chi connectivity index (χ0) is 16.4. The van der Waals surface area contributed by atoms with Gasteiger partial charge >= 0.3 is 0 Å². The summed E-state index contributed by atoms with van der Waals surface area (Å²) in [6.45, 7) is 4.10. The van der Waals surface area contributed by atoms with Gasteiger partial charge in [0.15, 0.2) is 5.69 Å². The van der Waals surface area contributed by atoms with Gasteiger partial charge < -0.3 is 0 Å². The number of nitrogen functional groups attached to an aromatic ring is 1. The van der Waals surface area contributed by atoms with Gasteiger partial charge in [0, 0.05) is 5.56 Å². The van der Waals surface area contributed by atoms with Crippen LogP contribution >= 0.6 is 0 Å². The fourth-order valence-electron chi connectivity index (χ4n) is 2.62. The minimum Gasteiger partial charge on any atom is -0.289 e. The number of hydrazine groups is 1. The number of carbonyl (C=O) groups excluding carboxylic acids is 1. The van der Waals surface area contributed by atoms with E-state index in [0.717, 1.165) is 22.5 Å². The topological polar surface area (TPSA) is 72.9 Å². The molecule has 0 spiro atoms. The molecule has 1 heterocycles. The largest absolute Gasteiger partial charge is 0.289 e. The van der Waals surface area contributed by atoms with Crippen LogP contribution in [0.2, 0.25) is 0 Å². The van der Waals surface area contributed by atoms with Gasteiger partial charge in [-0.15, -0.1) is 0 Å². The third-order valence-corrected chi connectivity index (χ3v) is 3.73. The summed E-state index contributed by atoms with van der Waals surface area (Å²) in [4.78, 5) is 11.9. The molecule has 5 nitrogen and oxygen atoms in total. The van der Waals surface area contributed by atoms with Crippen molar-refractivity contribution in [3.8, 4) is 16.9 Å². The first-order valence-electron chi connectivity index (χ1n) is 7.34. The Hall–Kier alpha value is -2.92. The van der Waals surface area contributed by atoms with E-state index in [0.29, 0.717) is 0 Å². The molecule has 116 valence electrons. The normalized spacial score (nSPS) is 10.6. The van der Waals surface area contributed by atoms with Crippen molar-refractivity contribution >= 4 is 5.91 Å². The van der Waals surface area contributed by atoms with Crippen LogP contribution in [0.15, 0.2) is 54.6 Å². The predicted octanol–water partition coefficient (Wildman–Crippen LogP) is 2.76. The molecule has 0 radical (unpaired) electrons. The fourth-order valence-corrected chi connectivity index (χ4v) is 2.62. The maximum absolute atomic E-state index is 11.9. The van der Waals surface area contributed by atoms with E-state index in [1.54, 1.807) is 10.7 Å². The number of aromatic nitrogens is 2. The number of hydrogen-bond acceptors (Lipinski definition) is 3. The van der Waals surface area contributed by atoms with Crippen molar-refractivity contribution in [3.05, 3.63) is 71.4 Å². The Labute approximate surface area is 134 Å². The Morgan fingerprint density at radius 3 is 2.48 bits per heavy atom. The van der Waals surface area contributed by atoms with Gasteiger partial charge in [0.25, 0.3) is 5.91 Å². The van der Waals surface area contributed by atoms with Crippen LogP contribution in [0.5, 0.6) is 0 Å². The molecule has 0 atom stereocenters. The van der Waals surface area contributed by atoms with Crippen LogP contribution in [-0.4, -0.2) is 15.7 Å². The Morgan fingerprint density at radius 1 is 1.09 bits per heavy atom.